The van der Waals surface area contributed by atoms with Crippen LogP contribution in [0.15, 0.2) is 0 Å². The molecule has 3 unspecified atom stereocenters. The number of aliphatic hydroxyl groups excluding tert-OH is 1. The second-order valence-corrected chi connectivity index (χ2v) is 31.4. The maximum absolute atomic E-state index is 13.1. The number of hydrogen-bond donors (Lipinski definition) is 3. The average molecular weight is 1410 g/mol. The second kappa shape index (κ2) is 68.8. The van der Waals surface area contributed by atoms with Crippen molar-refractivity contribution in [3.63, 3.8) is 0 Å². The Morgan fingerprint density at radius 2 is 0.531 bits per heavy atom. The van der Waals surface area contributed by atoms with Crippen LogP contribution >= 0.6 is 15.6 Å². The van der Waals surface area contributed by atoms with Crippen molar-refractivity contribution >= 4 is 39.5 Å². The van der Waals surface area contributed by atoms with Gasteiger partial charge in [0, 0.05) is 25.7 Å². The number of hydrogen-bond acceptors (Lipinski definition) is 15. The zero-order chi connectivity index (χ0) is 70.7. The predicted molar refractivity (Wildman–Crippen MR) is 391 cm³/mol. The Labute approximate surface area is 588 Å². The van der Waals surface area contributed by atoms with Crippen molar-refractivity contribution in [2.75, 3.05) is 39.6 Å². The molecule has 0 aromatic carbocycles. The summed E-state index contributed by atoms with van der Waals surface area (Å²) in [6, 6.07) is 0. The topological polar surface area (TPSA) is 237 Å². The van der Waals surface area contributed by atoms with Gasteiger partial charge in [-0.1, -0.05) is 350 Å². The fraction of sp³-hybridized carbons (Fsp3) is 0.948. The van der Waals surface area contributed by atoms with Gasteiger partial charge < -0.3 is 33.8 Å². The van der Waals surface area contributed by atoms with Crippen molar-refractivity contribution in [2.24, 2.45) is 11.8 Å². The van der Waals surface area contributed by atoms with E-state index in [0.29, 0.717) is 25.7 Å². The summed E-state index contributed by atoms with van der Waals surface area (Å²) in [5.74, 6) is -0.456. The Kier molecular flexibility index (Phi) is 67.4. The molecule has 0 heterocycles. The molecule has 0 spiro atoms. The summed E-state index contributed by atoms with van der Waals surface area (Å²) in [6.45, 7) is 9.66. The highest BCUT2D eigenvalue weighted by molar-refractivity contribution is 7.47. The number of carbonyl (C=O) groups is 4. The molecule has 0 aromatic heterocycles. The van der Waals surface area contributed by atoms with Gasteiger partial charge in [0.2, 0.25) is 0 Å². The molecule has 96 heavy (non-hydrogen) atoms. The van der Waals surface area contributed by atoms with Crippen molar-refractivity contribution < 1.29 is 80.2 Å². The SMILES string of the molecule is CCCCCCCCCCCCC(=O)O[C@H](COC(=O)CCCCCCCCCCC)COP(=O)(O)OC[C@H](O)COP(=O)(O)OC[C@@H](COC(=O)CCCCCCCCCCCCCCCCC(C)CC)OC(=O)CCCCCCCCCCCCCCCCCCC(C)C. The molecule has 0 rings (SSSR count). The molecular weight excluding hydrogens is 1260 g/mol. The highest BCUT2D eigenvalue weighted by Gasteiger charge is 2.30. The number of rotatable bonds is 76. The van der Waals surface area contributed by atoms with E-state index in [1.165, 1.54) is 218 Å². The van der Waals surface area contributed by atoms with Crippen LogP contribution in [0.2, 0.25) is 0 Å². The lowest BCUT2D eigenvalue weighted by atomic mass is 9.99. The summed E-state index contributed by atoms with van der Waals surface area (Å²) in [5, 5.41) is 10.6. The Morgan fingerprint density at radius 3 is 0.792 bits per heavy atom. The third-order valence-electron chi connectivity index (χ3n) is 18.3. The first kappa shape index (κ1) is 94.1. The summed E-state index contributed by atoms with van der Waals surface area (Å²) in [5.41, 5.74) is 0. The third kappa shape index (κ3) is 69.2. The van der Waals surface area contributed by atoms with Gasteiger partial charge in [-0.2, -0.15) is 0 Å². The molecule has 0 aliphatic heterocycles. The number of phosphoric acid groups is 2. The zero-order valence-corrected chi connectivity index (χ0v) is 64.5. The Morgan fingerprint density at radius 1 is 0.302 bits per heavy atom. The number of esters is 4. The van der Waals surface area contributed by atoms with E-state index in [9.17, 15) is 43.2 Å². The third-order valence-corrected chi connectivity index (χ3v) is 20.2. The summed E-state index contributed by atoms with van der Waals surface area (Å²) in [6.07, 6.45) is 56.8. The van der Waals surface area contributed by atoms with E-state index in [-0.39, 0.29) is 25.7 Å². The van der Waals surface area contributed by atoms with Gasteiger partial charge in [-0.3, -0.25) is 37.3 Å². The Bertz CT molecular complexity index is 1860. The molecule has 0 amide bonds. The van der Waals surface area contributed by atoms with Crippen LogP contribution in [0.1, 0.15) is 401 Å². The maximum atomic E-state index is 13.1. The average Bonchev–Trinajstić information content (AvgIpc) is 1.78. The molecule has 0 saturated heterocycles. The van der Waals surface area contributed by atoms with Gasteiger partial charge in [-0.25, -0.2) is 9.13 Å². The molecule has 17 nitrogen and oxygen atoms in total. The van der Waals surface area contributed by atoms with Crippen molar-refractivity contribution in [3.8, 4) is 0 Å². The highest BCUT2D eigenvalue weighted by Crippen LogP contribution is 2.45. The number of ether oxygens (including phenoxy) is 4. The molecule has 0 aromatic rings. The molecule has 3 N–H and O–H groups in total. The molecule has 6 atom stereocenters. The summed E-state index contributed by atoms with van der Waals surface area (Å²) < 4.78 is 68.5. The number of unbranched alkanes of at least 4 members (excludes halogenated alkanes) is 45. The Hall–Kier alpha value is -1.94. The molecular formula is C77H150O17P2. The van der Waals surface area contributed by atoms with E-state index in [1.54, 1.807) is 0 Å². The summed E-state index contributed by atoms with van der Waals surface area (Å²) in [4.78, 5) is 72.7. The number of carbonyl (C=O) groups excluding carboxylic acids is 4. The van der Waals surface area contributed by atoms with E-state index >= 15 is 0 Å². The molecule has 0 saturated carbocycles. The van der Waals surface area contributed by atoms with Crippen LogP contribution in [-0.4, -0.2) is 96.7 Å². The minimum absolute atomic E-state index is 0.107. The van der Waals surface area contributed by atoms with E-state index in [0.717, 1.165) is 102 Å². The van der Waals surface area contributed by atoms with Gasteiger partial charge in [0.25, 0.3) is 0 Å². The zero-order valence-electron chi connectivity index (χ0n) is 62.7. The lowest BCUT2D eigenvalue weighted by Gasteiger charge is -2.21. The van der Waals surface area contributed by atoms with E-state index in [2.05, 4.69) is 41.5 Å². The normalized spacial score (nSPS) is 14.3. The van der Waals surface area contributed by atoms with Gasteiger partial charge in [0.15, 0.2) is 12.2 Å². The molecule has 0 aliphatic carbocycles. The van der Waals surface area contributed by atoms with Gasteiger partial charge >= 0.3 is 39.5 Å². The smallest absolute Gasteiger partial charge is 0.462 e. The maximum Gasteiger partial charge on any atom is 0.472 e. The Balaban J connectivity index is 5.20. The monoisotopic (exact) mass is 1410 g/mol. The lowest BCUT2D eigenvalue weighted by Crippen LogP contribution is -2.30. The van der Waals surface area contributed by atoms with Gasteiger partial charge in [0.1, 0.15) is 19.3 Å². The van der Waals surface area contributed by atoms with Gasteiger partial charge in [0.05, 0.1) is 26.4 Å². The highest BCUT2D eigenvalue weighted by atomic mass is 31.2. The minimum atomic E-state index is -4.96. The lowest BCUT2D eigenvalue weighted by molar-refractivity contribution is -0.161. The van der Waals surface area contributed by atoms with Gasteiger partial charge in [-0.15, -0.1) is 0 Å². The van der Waals surface area contributed by atoms with Crippen molar-refractivity contribution in [2.45, 2.75) is 419 Å². The first-order valence-electron chi connectivity index (χ1n) is 40.0. The standard InChI is InChI=1S/C77H150O17P2/c1-7-10-12-14-16-18-36-43-49-55-61-76(81)93-72(65-87-74(79)59-53-47-41-33-17-15-13-11-8-2)67-91-95(83,84)89-63-71(78)64-90-96(85,86)92-68-73(66-88-75(80)60-54-48-42-37-31-27-24-23-26-30-35-40-46-52-58-70(6)9-3)94-77(82)62-56-50-44-38-32-28-22-20-19-21-25-29-34-39-45-51-57-69(4)5/h69-73,78H,7-68H2,1-6H3,(H,83,84)(H,85,86)/t70?,71-,72+,73+/m0/s1. The molecule has 19 heteroatoms. The molecule has 0 fully saturated rings. The largest absolute Gasteiger partial charge is 0.472 e. The van der Waals surface area contributed by atoms with Crippen LogP contribution in [0.3, 0.4) is 0 Å². The van der Waals surface area contributed by atoms with Crippen molar-refractivity contribution in [3.05, 3.63) is 0 Å². The fourth-order valence-corrected chi connectivity index (χ4v) is 13.4. The van der Waals surface area contributed by atoms with Crippen LogP contribution in [0.4, 0.5) is 0 Å². The van der Waals surface area contributed by atoms with E-state index in [4.69, 9.17) is 37.0 Å². The molecule has 0 radical (unpaired) electrons. The van der Waals surface area contributed by atoms with E-state index < -0.39 is 97.5 Å². The summed E-state index contributed by atoms with van der Waals surface area (Å²) >= 11 is 0. The van der Waals surface area contributed by atoms with Gasteiger partial charge in [-0.05, 0) is 37.5 Å². The van der Waals surface area contributed by atoms with E-state index in [1.807, 2.05) is 0 Å². The second-order valence-electron chi connectivity index (χ2n) is 28.5. The predicted octanol–water partition coefficient (Wildman–Crippen LogP) is 22.7. The number of phosphoric ester groups is 2. The molecule has 0 bridgehead atoms. The van der Waals surface area contributed by atoms with Crippen LogP contribution in [-0.2, 0) is 65.4 Å². The first-order chi connectivity index (χ1) is 46.4. The molecule has 570 valence electrons. The van der Waals surface area contributed by atoms with Crippen LogP contribution in [0.5, 0.6) is 0 Å². The first-order valence-corrected chi connectivity index (χ1v) is 43.0. The van der Waals surface area contributed by atoms with Crippen LogP contribution < -0.4 is 0 Å². The fourth-order valence-electron chi connectivity index (χ4n) is 11.8. The van der Waals surface area contributed by atoms with Crippen LogP contribution in [0, 0.1) is 11.8 Å². The molecule has 0 aliphatic rings. The quantitative estimate of drug-likeness (QED) is 0.0222. The van der Waals surface area contributed by atoms with Crippen molar-refractivity contribution in [1.29, 1.82) is 0 Å². The minimum Gasteiger partial charge on any atom is -0.462 e. The summed E-state index contributed by atoms with van der Waals surface area (Å²) in [7, 11) is -9.91. The number of aliphatic hydroxyl groups is 1. The van der Waals surface area contributed by atoms with Crippen molar-refractivity contribution in [1.82, 2.24) is 0 Å². The van der Waals surface area contributed by atoms with Crippen LogP contribution in [0.25, 0.3) is 0 Å².